The summed E-state index contributed by atoms with van der Waals surface area (Å²) in [6, 6.07) is 5.51. The Labute approximate surface area is 150 Å². The molecule has 1 aromatic carbocycles. The SMILES string of the molecule is CCCOc1ccc(NC(=O)C2(OC)CCNCC2)cc1OCCC. The highest BCUT2D eigenvalue weighted by molar-refractivity contribution is 5.97. The first kappa shape index (κ1) is 19.5. The number of rotatable bonds is 9. The zero-order valence-corrected chi connectivity index (χ0v) is 15.5. The minimum Gasteiger partial charge on any atom is -0.490 e. The van der Waals surface area contributed by atoms with Gasteiger partial charge in [-0.2, -0.15) is 0 Å². The molecule has 25 heavy (non-hydrogen) atoms. The molecule has 6 nitrogen and oxygen atoms in total. The van der Waals surface area contributed by atoms with E-state index >= 15 is 0 Å². The molecule has 1 saturated heterocycles. The lowest BCUT2D eigenvalue weighted by Crippen LogP contribution is -2.51. The first-order valence-electron chi connectivity index (χ1n) is 9.12. The van der Waals surface area contributed by atoms with Gasteiger partial charge in [-0.05, 0) is 50.9 Å². The summed E-state index contributed by atoms with van der Waals surface area (Å²) in [5.41, 5.74) is -0.0810. The van der Waals surface area contributed by atoms with Gasteiger partial charge in [0.1, 0.15) is 5.60 Å². The third-order valence-corrected chi connectivity index (χ3v) is 4.34. The number of nitrogens with one attached hydrogen (secondary N) is 2. The number of hydrogen-bond acceptors (Lipinski definition) is 5. The van der Waals surface area contributed by atoms with Crippen LogP contribution < -0.4 is 20.1 Å². The normalized spacial score (nSPS) is 16.3. The molecule has 6 heteroatoms. The molecule has 140 valence electrons. The summed E-state index contributed by atoms with van der Waals surface area (Å²) in [5, 5.41) is 6.23. The monoisotopic (exact) mass is 350 g/mol. The number of carbonyl (C=O) groups excluding carboxylic acids is 1. The molecule has 1 heterocycles. The van der Waals surface area contributed by atoms with Crippen LogP contribution in [0.25, 0.3) is 0 Å². The molecule has 2 N–H and O–H groups in total. The number of piperidine rings is 1. The Bertz CT molecular complexity index is 556. The zero-order chi connectivity index (χ0) is 18.1. The van der Waals surface area contributed by atoms with Crippen molar-refractivity contribution in [3.8, 4) is 11.5 Å². The number of methoxy groups -OCH3 is 1. The van der Waals surface area contributed by atoms with Crippen LogP contribution in [0.1, 0.15) is 39.5 Å². The van der Waals surface area contributed by atoms with Crippen molar-refractivity contribution in [3.63, 3.8) is 0 Å². The van der Waals surface area contributed by atoms with Gasteiger partial charge in [0.05, 0.1) is 13.2 Å². The third-order valence-electron chi connectivity index (χ3n) is 4.34. The molecule has 2 rings (SSSR count). The Balaban J connectivity index is 2.13. The summed E-state index contributed by atoms with van der Waals surface area (Å²) >= 11 is 0. The first-order valence-corrected chi connectivity index (χ1v) is 9.12. The number of benzene rings is 1. The molecular formula is C19H30N2O4. The van der Waals surface area contributed by atoms with E-state index in [1.807, 2.05) is 18.2 Å². The molecule has 1 amide bonds. The van der Waals surface area contributed by atoms with E-state index in [4.69, 9.17) is 14.2 Å². The number of anilines is 1. The molecule has 1 fully saturated rings. The Kier molecular flexibility index (Phi) is 7.52. The van der Waals surface area contributed by atoms with Gasteiger partial charge in [-0.3, -0.25) is 4.79 Å². The number of ether oxygens (including phenoxy) is 3. The third kappa shape index (κ3) is 5.09. The van der Waals surface area contributed by atoms with Crippen LogP contribution in [0.5, 0.6) is 11.5 Å². The molecule has 0 saturated carbocycles. The Morgan fingerprint density at radius 1 is 1.12 bits per heavy atom. The smallest absolute Gasteiger partial charge is 0.256 e. The summed E-state index contributed by atoms with van der Waals surface area (Å²) in [6.07, 6.45) is 3.15. The van der Waals surface area contributed by atoms with Crippen molar-refractivity contribution in [2.24, 2.45) is 0 Å². The molecule has 1 aliphatic rings. The second-order valence-corrected chi connectivity index (χ2v) is 6.26. The van der Waals surface area contributed by atoms with E-state index < -0.39 is 5.60 Å². The highest BCUT2D eigenvalue weighted by Crippen LogP contribution is 2.32. The Morgan fingerprint density at radius 2 is 1.76 bits per heavy atom. The molecule has 0 aliphatic carbocycles. The maximum Gasteiger partial charge on any atom is 0.256 e. The largest absolute Gasteiger partial charge is 0.490 e. The summed E-state index contributed by atoms with van der Waals surface area (Å²) in [6.45, 7) is 6.90. The lowest BCUT2D eigenvalue weighted by Gasteiger charge is -2.34. The molecular weight excluding hydrogens is 320 g/mol. The molecule has 0 spiro atoms. The molecule has 0 bridgehead atoms. The summed E-state index contributed by atoms with van der Waals surface area (Å²) < 4.78 is 17.1. The molecule has 1 aliphatic heterocycles. The second-order valence-electron chi connectivity index (χ2n) is 6.26. The highest BCUT2D eigenvalue weighted by atomic mass is 16.5. The van der Waals surface area contributed by atoms with Gasteiger partial charge in [0, 0.05) is 18.9 Å². The van der Waals surface area contributed by atoms with Crippen LogP contribution in [0.3, 0.4) is 0 Å². The molecule has 0 radical (unpaired) electrons. The van der Waals surface area contributed by atoms with E-state index in [2.05, 4.69) is 24.5 Å². The Hall–Kier alpha value is -1.79. The average Bonchev–Trinajstić information content (AvgIpc) is 2.66. The standard InChI is InChI=1S/C19H30N2O4/c1-4-12-24-16-7-6-15(14-17(16)25-13-5-2)21-18(22)19(23-3)8-10-20-11-9-19/h6-7,14,20H,4-5,8-13H2,1-3H3,(H,21,22). The van der Waals surface area contributed by atoms with Gasteiger partial charge in [-0.15, -0.1) is 0 Å². The van der Waals surface area contributed by atoms with Gasteiger partial charge >= 0.3 is 0 Å². The van der Waals surface area contributed by atoms with Crippen molar-refractivity contribution in [2.45, 2.75) is 45.1 Å². The molecule has 0 unspecified atom stereocenters. The van der Waals surface area contributed by atoms with E-state index in [9.17, 15) is 4.79 Å². The lowest BCUT2D eigenvalue weighted by atomic mass is 9.91. The van der Waals surface area contributed by atoms with Gasteiger partial charge in [0.25, 0.3) is 5.91 Å². The second kappa shape index (κ2) is 9.63. The predicted molar refractivity (Wildman–Crippen MR) is 98.5 cm³/mol. The van der Waals surface area contributed by atoms with E-state index in [-0.39, 0.29) is 5.91 Å². The first-order chi connectivity index (χ1) is 12.1. The lowest BCUT2D eigenvalue weighted by molar-refractivity contribution is -0.140. The Morgan fingerprint density at radius 3 is 2.36 bits per heavy atom. The molecule has 0 aromatic heterocycles. The predicted octanol–water partition coefficient (Wildman–Crippen LogP) is 2.97. The van der Waals surface area contributed by atoms with Gasteiger partial charge in [-0.25, -0.2) is 0 Å². The van der Waals surface area contributed by atoms with E-state index in [0.29, 0.717) is 43.2 Å². The van der Waals surface area contributed by atoms with Crippen molar-refractivity contribution in [3.05, 3.63) is 18.2 Å². The van der Waals surface area contributed by atoms with Crippen LogP contribution in [0.15, 0.2) is 18.2 Å². The van der Waals surface area contributed by atoms with E-state index in [0.717, 1.165) is 25.9 Å². The fourth-order valence-electron chi connectivity index (χ4n) is 2.84. The number of amides is 1. The van der Waals surface area contributed by atoms with Crippen molar-refractivity contribution in [2.75, 3.05) is 38.7 Å². The highest BCUT2D eigenvalue weighted by Gasteiger charge is 2.39. The quantitative estimate of drug-likeness (QED) is 0.717. The maximum absolute atomic E-state index is 12.8. The minimum atomic E-state index is -0.771. The summed E-state index contributed by atoms with van der Waals surface area (Å²) in [5.74, 6) is 1.25. The number of carbonyl (C=O) groups is 1. The van der Waals surface area contributed by atoms with Gasteiger partial charge in [-0.1, -0.05) is 13.8 Å². The number of hydrogen-bond donors (Lipinski definition) is 2. The van der Waals surface area contributed by atoms with Crippen molar-refractivity contribution in [1.29, 1.82) is 0 Å². The van der Waals surface area contributed by atoms with Crippen LogP contribution in [-0.2, 0) is 9.53 Å². The minimum absolute atomic E-state index is 0.111. The van der Waals surface area contributed by atoms with Gasteiger partial charge in [0.15, 0.2) is 11.5 Å². The van der Waals surface area contributed by atoms with Crippen LogP contribution in [0, 0.1) is 0 Å². The van der Waals surface area contributed by atoms with Crippen molar-refractivity contribution >= 4 is 11.6 Å². The van der Waals surface area contributed by atoms with Crippen LogP contribution in [-0.4, -0.2) is 44.9 Å². The van der Waals surface area contributed by atoms with E-state index in [1.54, 1.807) is 7.11 Å². The summed E-state index contributed by atoms with van der Waals surface area (Å²) in [4.78, 5) is 12.8. The van der Waals surface area contributed by atoms with E-state index in [1.165, 1.54) is 0 Å². The average molecular weight is 350 g/mol. The fourth-order valence-corrected chi connectivity index (χ4v) is 2.84. The van der Waals surface area contributed by atoms with Crippen LogP contribution in [0.2, 0.25) is 0 Å². The van der Waals surface area contributed by atoms with Crippen molar-refractivity contribution < 1.29 is 19.0 Å². The molecule has 0 atom stereocenters. The topological polar surface area (TPSA) is 68.8 Å². The van der Waals surface area contributed by atoms with Crippen molar-refractivity contribution in [1.82, 2.24) is 5.32 Å². The van der Waals surface area contributed by atoms with Crippen LogP contribution in [0.4, 0.5) is 5.69 Å². The van der Waals surface area contributed by atoms with Gasteiger partial charge < -0.3 is 24.8 Å². The maximum atomic E-state index is 12.8. The zero-order valence-electron chi connectivity index (χ0n) is 15.5. The fraction of sp³-hybridized carbons (Fsp3) is 0.632. The molecule has 1 aromatic rings. The summed E-state index contributed by atoms with van der Waals surface area (Å²) in [7, 11) is 1.60. The van der Waals surface area contributed by atoms with Crippen LogP contribution >= 0.6 is 0 Å². The van der Waals surface area contributed by atoms with Gasteiger partial charge in [0.2, 0.25) is 0 Å².